The molecule has 3 aromatic carbocycles. The molecule has 0 radical (unpaired) electrons. The third-order valence-corrected chi connectivity index (χ3v) is 9.43. The number of aryl methyl sites for hydroxylation is 2. The summed E-state index contributed by atoms with van der Waals surface area (Å²) < 4.78 is 11.4. The highest BCUT2D eigenvalue weighted by Gasteiger charge is 2.16. The van der Waals surface area contributed by atoms with E-state index in [4.69, 9.17) is 9.40 Å². The van der Waals surface area contributed by atoms with Crippen molar-refractivity contribution in [2.24, 2.45) is 14.1 Å². The Hall–Kier alpha value is -6.33. The highest BCUT2D eigenvalue weighted by molar-refractivity contribution is 5.99. The van der Waals surface area contributed by atoms with Crippen molar-refractivity contribution in [1.82, 2.24) is 19.1 Å². The number of aromatic nitrogens is 4. The van der Waals surface area contributed by atoms with Gasteiger partial charge in [-0.2, -0.15) is 0 Å². The minimum absolute atomic E-state index is 0.804. The molecule has 0 aliphatic carbocycles. The van der Waals surface area contributed by atoms with Crippen molar-refractivity contribution < 1.29 is 4.42 Å². The normalized spacial score (nSPS) is 11.9. The van der Waals surface area contributed by atoms with Crippen molar-refractivity contribution in [2.45, 2.75) is 0 Å². The molecule has 0 saturated carbocycles. The largest absolute Gasteiger partial charge is 0.456 e. The van der Waals surface area contributed by atoms with Crippen LogP contribution in [0.1, 0.15) is 11.4 Å². The highest BCUT2D eigenvalue weighted by atomic mass is 16.3. The van der Waals surface area contributed by atoms with Crippen LogP contribution in [0.15, 0.2) is 144 Å². The molecule has 5 aromatic heterocycles. The first-order chi connectivity index (χ1) is 23.6. The molecule has 1 aliphatic rings. The van der Waals surface area contributed by atoms with Crippen molar-refractivity contribution in [2.75, 3.05) is 0 Å². The predicted molar refractivity (Wildman–Crippen MR) is 199 cm³/mol. The molecule has 1 N–H and O–H groups in total. The molecule has 8 aromatic rings. The number of hydrogen-bond donors (Lipinski definition) is 1. The molecule has 0 unspecified atom stereocenters. The summed E-state index contributed by atoms with van der Waals surface area (Å²) in [4.78, 5) is 8.99. The number of H-pyrrole nitrogens is 1. The second kappa shape index (κ2) is 11.2. The van der Waals surface area contributed by atoms with Crippen LogP contribution in [0.3, 0.4) is 0 Å². The zero-order valence-corrected chi connectivity index (χ0v) is 26.7. The van der Waals surface area contributed by atoms with Crippen LogP contribution in [0.2, 0.25) is 0 Å². The van der Waals surface area contributed by atoms with E-state index in [-0.39, 0.29) is 0 Å². The molecule has 9 rings (SSSR count). The highest BCUT2D eigenvalue weighted by Crippen LogP contribution is 2.37. The first kappa shape index (κ1) is 27.9. The summed E-state index contributed by atoms with van der Waals surface area (Å²) in [6.45, 7) is 0. The average molecular weight is 621 g/mol. The van der Waals surface area contributed by atoms with Gasteiger partial charge in [0.15, 0.2) is 0 Å². The number of fused-ring (bicyclic) bond motifs is 12. The summed E-state index contributed by atoms with van der Waals surface area (Å²) >= 11 is 0. The number of nitrogens with one attached hydrogen (secondary N) is 1. The maximum absolute atomic E-state index is 6.90. The summed E-state index contributed by atoms with van der Waals surface area (Å²) in [5.74, 6) is 0. The van der Waals surface area contributed by atoms with Gasteiger partial charge >= 0.3 is 0 Å². The quantitative estimate of drug-likeness (QED) is 0.214. The van der Waals surface area contributed by atoms with Crippen molar-refractivity contribution in [1.29, 1.82) is 0 Å². The minimum atomic E-state index is 0.804. The van der Waals surface area contributed by atoms with Gasteiger partial charge in [-0.3, -0.25) is 0 Å². The molecule has 0 fully saturated rings. The van der Waals surface area contributed by atoms with Gasteiger partial charge < -0.3 is 18.5 Å². The van der Waals surface area contributed by atoms with Gasteiger partial charge in [0.2, 0.25) is 0 Å². The molecule has 10 bridgehead atoms. The third kappa shape index (κ3) is 4.51. The fraction of sp³-hybridized carbons (Fsp3) is 0.0465. The Morgan fingerprint density at radius 1 is 0.438 bits per heavy atom. The Balaban J connectivity index is 1.50. The molecule has 1 aliphatic heterocycles. The maximum atomic E-state index is 6.90. The van der Waals surface area contributed by atoms with Crippen LogP contribution in [-0.2, 0) is 14.1 Å². The molecule has 0 amide bonds. The monoisotopic (exact) mass is 620 g/mol. The average Bonchev–Trinajstić information content (AvgIpc) is 3.97. The zero-order valence-electron chi connectivity index (χ0n) is 26.7. The van der Waals surface area contributed by atoms with E-state index in [1.165, 1.54) is 0 Å². The summed E-state index contributed by atoms with van der Waals surface area (Å²) in [7, 11) is 4.23. The number of hydrogen-bond acceptors (Lipinski definition) is 2. The van der Waals surface area contributed by atoms with Gasteiger partial charge in [0, 0.05) is 36.3 Å². The first-order valence-electron chi connectivity index (χ1n) is 16.2. The van der Waals surface area contributed by atoms with E-state index in [9.17, 15) is 0 Å². The summed E-state index contributed by atoms with van der Waals surface area (Å²) in [6.07, 6.45) is 4.24. The summed E-state index contributed by atoms with van der Waals surface area (Å²) in [6, 6.07) is 48.7. The predicted octanol–water partition coefficient (Wildman–Crippen LogP) is 11.0. The molecule has 230 valence electrons. The van der Waals surface area contributed by atoms with E-state index >= 15 is 0 Å². The minimum Gasteiger partial charge on any atom is -0.456 e. The molecule has 48 heavy (non-hydrogen) atoms. The first-order valence-corrected chi connectivity index (χ1v) is 16.2. The van der Waals surface area contributed by atoms with Gasteiger partial charge in [0.1, 0.15) is 11.2 Å². The van der Waals surface area contributed by atoms with E-state index in [1.807, 2.05) is 6.07 Å². The fourth-order valence-electron chi connectivity index (χ4n) is 7.08. The lowest BCUT2D eigenvalue weighted by atomic mass is 10.0. The number of furan rings is 1. The van der Waals surface area contributed by atoms with E-state index in [1.54, 1.807) is 0 Å². The Morgan fingerprint density at radius 2 is 0.896 bits per heavy atom. The second-order valence-electron chi connectivity index (χ2n) is 12.2. The molecular weight excluding hydrogens is 589 g/mol. The standard InChI is InChI=1S/C43H32N4O/c1-46-35-22-24-37(46)42(29-14-8-4-9-15-29)39-26-27-40(48-39)43(30-16-10-5-11-17-30)38-25-23-36(47(38)2)32-19-21-34(45-32)41(28-12-6-3-7-13-28)33-20-18-31(35)44-33/h3-27,44H,1-2H3. The number of benzene rings is 3. The summed E-state index contributed by atoms with van der Waals surface area (Å²) in [5, 5.41) is 0. The Bertz CT molecular complexity index is 2670. The molecule has 5 nitrogen and oxygen atoms in total. The Morgan fingerprint density at radius 3 is 1.48 bits per heavy atom. The topological polar surface area (TPSA) is 51.7 Å². The Kier molecular flexibility index (Phi) is 6.51. The fourth-order valence-corrected chi connectivity index (χ4v) is 7.08. The van der Waals surface area contributed by atoms with Gasteiger partial charge in [0.25, 0.3) is 0 Å². The lowest BCUT2D eigenvalue weighted by molar-refractivity contribution is 0.668. The van der Waals surface area contributed by atoms with Crippen LogP contribution in [-0.4, -0.2) is 19.1 Å². The third-order valence-electron chi connectivity index (χ3n) is 9.43. The van der Waals surface area contributed by atoms with Crippen LogP contribution >= 0.6 is 0 Å². The molecule has 0 saturated heterocycles. The van der Waals surface area contributed by atoms with Gasteiger partial charge in [-0.15, -0.1) is 0 Å². The lowest BCUT2D eigenvalue weighted by Gasteiger charge is -2.07. The number of rotatable bonds is 3. The van der Waals surface area contributed by atoms with Crippen molar-refractivity contribution in [3.8, 4) is 33.4 Å². The van der Waals surface area contributed by atoms with Gasteiger partial charge in [-0.05, 0) is 77.4 Å². The van der Waals surface area contributed by atoms with Gasteiger partial charge in [-0.25, -0.2) is 4.98 Å². The van der Waals surface area contributed by atoms with Crippen molar-refractivity contribution >= 4 is 56.4 Å². The number of aromatic amines is 1. The SMILES string of the molecule is Cn1c2ccc1c(-c1ccccc1)c1ccc(o1)c(-c1ccccc1)c1ccc(c3ccc([nH]3)c(-c3ccccc3)c3nc2C=C3)n1C. The molecule has 5 heteroatoms. The Labute approximate surface area is 277 Å². The van der Waals surface area contributed by atoms with Gasteiger partial charge in [0.05, 0.1) is 39.0 Å². The number of nitrogens with zero attached hydrogens (tertiary/aromatic N) is 3. The van der Waals surface area contributed by atoms with Crippen LogP contribution < -0.4 is 0 Å². The van der Waals surface area contributed by atoms with E-state index < -0.39 is 0 Å². The van der Waals surface area contributed by atoms with Gasteiger partial charge in [-0.1, -0.05) is 91.0 Å². The molecule has 6 heterocycles. The zero-order chi connectivity index (χ0) is 32.2. The van der Waals surface area contributed by atoms with E-state index in [0.29, 0.717) is 0 Å². The van der Waals surface area contributed by atoms with E-state index in [2.05, 4.69) is 174 Å². The van der Waals surface area contributed by atoms with Crippen LogP contribution in [0.4, 0.5) is 0 Å². The molecule has 0 atom stereocenters. The lowest BCUT2D eigenvalue weighted by Crippen LogP contribution is -1.92. The van der Waals surface area contributed by atoms with E-state index in [0.717, 1.165) is 89.0 Å². The summed E-state index contributed by atoms with van der Waals surface area (Å²) in [5.41, 5.74) is 16.1. The van der Waals surface area contributed by atoms with Crippen molar-refractivity contribution in [3.63, 3.8) is 0 Å². The molecule has 0 spiro atoms. The smallest absolute Gasteiger partial charge is 0.137 e. The van der Waals surface area contributed by atoms with Crippen LogP contribution in [0, 0.1) is 0 Å². The maximum Gasteiger partial charge on any atom is 0.137 e. The van der Waals surface area contributed by atoms with Crippen molar-refractivity contribution in [3.05, 3.63) is 151 Å². The second-order valence-corrected chi connectivity index (χ2v) is 12.2. The van der Waals surface area contributed by atoms with Crippen LogP contribution in [0.5, 0.6) is 0 Å². The molecular formula is C43H32N4O. The van der Waals surface area contributed by atoms with Crippen LogP contribution in [0.25, 0.3) is 89.8 Å².